The summed E-state index contributed by atoms with van der Waals surface area (Å²) in [5.41, 5.74) is -1.61. The first kappa shape index (κ1) is 23.9. The predicted molar refractivity (Wildman–Crippen MR) is 101 cm³/mol. The van der Waals surface area contributed by atoms with Crippen molar-refractivity contribution in [2.45, 2.75) is 13.1 Å². The molecule has 2 aromatic carbocycles. The van der Waals surface area contributed by atoms with Gasteiger partial charge >= 0.3 is 12.1 Å². The van der Waals surface area contributed by atoms with Crippen LogP contribution in [0.1, 0.15) is 18.1 Å². The molecule has 0 unspecified atom stereocenters. The average Bonchev–Trinajstić information content (AvgIpc) is 2.67. The molecular weight excluding hydrogens is 449 g/mol. The van der Waals surface area contributed by atoms with E-state index < -0.39 is 28.3 Å². The Morgan fingerprint density at radius 1 is 1.23 bits per heavy atom. The van der Waals surface area contributed by atoms with E-state index in [2.05, 4.69) is 15.0 Å². The maximum atomic E-state index is 12.8. The van der Waals surface area contributed by atoms with Crippen molar-refractivity contribution in [2.24, 2.45) is 5.16 Å². The molecule has 0 atom stereocenters. The van der Waals surface area contributed by atoms with Gasteiger partial charge in [0.15, 0.2) is 0 Å². The van der Waals surface area contributed by atoms with Crippen molar-refractivity contribution >= 4 is 29.0 Å². The number of methoxy groups -OCH3 is 1. The topological polar surface area (TPSA) is 109 Å². The van der Waals surface area contributed by atoms with Crippen molar-refractivity contribution in [3.8, 4) is 11.5 Å². The van der Waals surface area contributed by atoms with Crippen molar-refractivity contribution in [3.63, 3.8) is 0 Å². The number of nitrogens with zero attached hydrogens (tertiary/aromatic N) is 2. The second-order valence-electron chi connectivity index (χ2n) is 5.80. The monoisotopic (exact) mass is 462 g/mol. The number of ether oxygens (including phenoxy) is 2. The molecule has 0 aromatic heterocycles. The number of hydrogen-bond acceptors (Lipinski definition) is 8. The smallest absolute Gasteiger partial charge is 0.416 e. The molecule has 0 aliphatic rings. The minimum atomic E-state index is -4.59. The van der Waals surface area contributed by atoms with Gasteiger partial charge in [-0.05, 0) is 35.5 Å². The van der Waals surface area contributed by atoms with E-state index in [1.54, 1.807) is 0 Å². The largest absolute Gasteiger partial charge is 0.456 e. The summed E-state index contributed by atoms with van der Waals surface area (Å²) in [6.07, 6.45) is -4.59. The number of oxime groups is 1. The molecular formula is C18H14ClF3N2O7. The van der Waals surface area contributed by atoms with Crippen molar-refractivity contribution in [2.75, 3.05) is 13.7 Å². The minimum absolute atomic E-state index is 0.00134. The zero-order valence-corrected chi connectivity index (χ0v) is 16.7. The zero-order chi connectivity index (χ0) is 23.2. The number of carbonyl (C=O) groups is 1. The number of carbonyl (C=O) groups excluding carboxylic acids is 1. The Morgan fingerprint density at radius 2 is 1.94 bits per heavy atom. The molecule has 0 spiro atoms. The molecule has 0 bridgehead atoms. The summed E-state index contributed by atoms with van der Waals surface area (Å²) >= 11 is 5.87. The first-order chi connectivity index (χ1) is 14.5. The van der Waals surface area contributed by atoms with Gasteiger partial charge in [-0.25, -0.2) is 9.68 Å². The zero-order valence-electron chi connectivity index (χ0n) is 15.9. The van der Waals surface area contributed by atoms with Crippen LogP contribution in [0.2, 0.25) is 5.02 Å². The number of benzene rings is 2. The van der Waals surface area contributed by atoms with Crippen LogP contribution < -0.4 is 4.74 Å². The van der Waals surface area contributed by atoms with E-state index in [0.29, 0.717) is 6.07 Å². The minimum Gasteiger partial charge on any atom is -0.456 e. The Bertz CT molecular complexity index is 1010. The fraction of sp³-hybridized carbons (Fsp3) is 0.222. The van der Waals surface area contributed by atoms with Gasteiger partial charge in [0.05, 0.1) is 27.7 Å². The summed E-state index contributed by atoms with van der Waals surface area (Å²) in [7, 11) is 1.29. The predicted octanol–water partition coefficient (Wildman–Crippen LogP) is 4.90. The molecule has 0 heterocycles. The van der Waals surface area contributed by atoms with Gasteiger partial charge in [0, 0.05) is 20.1 Å². The molecule has 0 aliphatic heterocycles. The molecule has 0 amide bonds. The molecule has 0 radical (unpaired) electrons. The van der Waals surface area contributed by atoms with E-state index in [0.717, 1.165) is 25.1 Å². The van der Waals surface area contributed by atoms with Gasteiger partial charge in [0.25, 0.3) is 5.69 Å². The van der Waals surface area contributed by atoms with Crippen molar-refractivity contribution in [1.82, 2.24) is 0 Å². The van der Waals surface area contributed by atoms with E-state index >= 15 is 0 Å². The molecule has 13 heteroatoms. The van der Waals surface area contributed by atoms with E-state index in [1.165, 1.54) is 19.2 Å². The molecule has 0 saturated carbocycles. The summed E-state index contributed by atoms with van der Waals surface area (Å²) in [4.78, 5) is 30.1. The van der Waals surface area contributed by atoms with Crippen LogP contribution in [0, 0.1) is 10.1 Å². The Kier molecular flexibility index (Phi) is 7.78. The van der Waals surface area contributed by atoms with E-state index in [4.69, 9.17) is 21.1 Å². The Hall–Kier alpha value is -3.38. The SMILES string of the molecule is COC/C(=N/OOC(C)=O)c1cc(Oc2ccc(C(F)(F)F)cc2Cl)ccc1[N+](=O)[O-]. The molecule has 166 valence electrons. The molecule has 2 rings (SSSR count). The Labute approximate surface area is 178 Å². The maximum Gasteiger partial charge on any atom is 0.416 e. The summed E-state index contributed by atoms with van der Waals surface area (Å²) in [5.74, 6) is -0.932. The van der Waals surface area contributed by atoms with Crippen LogP contribution in [0.3, 0.4) is 0 Å². The lowest BCUT2D eigenvalue weighted by Crippen LogP contribution is -2.13. The van der Waals surface area contributed by atoms with Gasteiger partial charge in [-0.15, -0.1) is 0 Å². The molecule has 2 aromatic rings. The van der Waals surface area contributed by atoms with Crippen LogP contribution in [-0.2, 0) is 25.6 Å². The van der Waals surface area contributed by atoms with E-state index in [-0.39, 0.29) is 34.4 Å². The van der Waals surface area contributed by atoms with Crippen LogP contribution in [-0.4, -0.2) is 30.3 Å². The number of nitro benzene ring substituents is 1. The summed E-state index contributed by atoms with van der Waals surface area (Å²) in [6, 6.07) is 5.96. The van der Waals surface area contributed by atoms with E-state index in [1.807, 2.05) is 0 Å². The quantitative estimate of drug-likeness (QED) is 0.237. The van der Waals surface area contributed by atoms with Gasteiger partial charge in [-0.2, -0.15) is 18.2 Å². The van der Waals surface area contributed by atoms with Crippen molar-refractivity contribution in [1.29, 1.82) is 0 Å². The van der Waals surface area contributed by atoms with Gasteiger partial charge in [0.2, 0.25) is 0 Å². The lowest BCUT2D eigenvalue weighted by Gasteiger charge is -2.12. The van der Waals surface area contributed by atoms with Crippen molar-refractivity contribution in [3.05, 3.63) is 62.7 Å². The first-order valence-corrected chi connectivity index (χ1v) is 8.64. The van der Waals surface area contributed by atoms with Crippen molar-refractivity contribution < 1.29 is 42.2 Å². The second-order valence-corrected chi connectivity index (χ2v) is 6.21. The third kappa shape index (κ3) is 6.55. The summed E-state index contributed by atoms with van der Waals surface area (Å²) < 4.78 is 48.8. The molecule has 0 fully saturated rings. The van der Waals surface area contributed by atoms with Gasteiger partial charge < -0.3 is 9.47 Å². The average molecular weight is 463 g/mol. The van der Waals surface area contributed by atoms with Crippen LogP contribution in [0.4, 0.5) is 18.9 Å². The number of rotatable bonds is 8. The first-order valence-electron chi connectivity index (χ1n) is 8.26. The van der Waals surface area contributed by atoms with Crippen LogP contribution in [0.15, 0.2) is 41.6 Å². The Balaban J connectivity index is 2.43. The molecule has 31 heavy (non-hydrogen) atoms. The lowest BCUT2D eigenvalue weighted by atomic mass is 10.1. The molecule has 0 N–H and O–H groups in total. The van der Waals surface area contributed by atoms with Crippen LogP contribution >= 0.6 is 11.6 Å². The highest BCUT2D eigenvalue weighted by molar-refractivity contribution is 6.32. The third-order valence-electron chi connectivity index (χ3n) is 3.55. The fourth-order valence-corrected chi connectivity index (χ4v) is 2.48. The highest BCUT2D eigenvalue weighted by Gasteiger charge is 2.31. The van der Waals surface area contributed by atoms with Gasteiger partial charge in [-0.1, -0.05) is 11.6 Å². The lowest BCUT2D eigenvalue weighted by molar-refractivity contribution is -0.385. The molecule has 0 aliphatic carbocycles. The highest BCUT2D eigenvalue weighted by atomic mass is 35.5. The van der Waals surface area contributed by atoms with Gasteiger partial charge in [0.1, 0.15) is 17.2 Å². The highest BCUT2D eigenvalue weighted by Crippen LogP contribution is 2.37. The molecule has 0 saturated heterocycles. The molecule has 9 nitrogen and oxygen atoms in total. The van der Waals surface area contributed by atoms with Crippen LogP contribution in [0.5, 0.6) is 11.5 Å². The number of nitro groups is 1. The van der Waals surface area contributed by atoms with E-state index in [9.17, 15) is 28.1 Å². The van der Waals surface area contributed by atoms with Crippen LogP contribution in [0.25, 0.3) is 0 Å². The number of alkyl halides is 3. The number of halogens is 4. The summed E-state index contributed by atoms with van der Waals surface area (Å²) in [5, 5.41) is 14.6. The second kappa shape index (κ2) is 10.1. The maximum absolute atomic E-state index is 12.8. The summed E-state index contributed by atoms with van der Waals surface area (Å²) in [6.45, 7) is 0.781. The Morgan fingerprint density at radius 3 is 2.48 bits per heavy atom. The van der Waals surface area contributed by atoms with Gasteiger partial charge in [-0.3, -0.25) is 10.1 Å². The fourth-order valence-electron chi connectivity index (χ4n) is 2.26. The number of hydrogen-bond donors (Lipinski definition) is 0. The normalized spacial score (nSPS) is 11.7. The standard InChI is InChI=1S/C18H14ClF3N2O7/c1-10(25)30-31-23-15(9-28-2)13-8-12(4-5-16(13)24(26)27)29-17-6-3-11(7-14(17)19)18(20,21)22/h3-8H,9H2,1-2H3/b23-15-. The third-order valence-corrected chi connectivity index (χ3v) is 3.84.